The van der Waals surface area contributed by atoms with E-state index in [0.29, 0.717) is 17.2 Å². The summed E-state index contributed by atoms with van der Waals surface area (Å²) in [6.07, 6.45) is 6.09. The van der Waals surface area contributed by atoms with Gasteiger partial charge in [-0.15, -0.1) is 0 Å². The predicted molar refractivity (Wildman–Crippen MR) is 143 cm³/mol. The van der Waals surface area contributed by atoms with E-state index in [1.54, 1.807) is 21.3 Å². The van der Waals surface area contributed by atoms with Crippen LogP contribution in [0.4, 0.5) is 0 Å². The molecule has 0 fully saturated rings. The van der Waals surface area contributed by atoms with Crippen molar-refractivity contribution in [2.45, 2.75) is 0 Å². The van der Waals surface area contributed by atoms with Gasteiger partial charge in [0, 0.05) is 27.6 Å². The van der Waals surface area contributed by atoms with Crippen LogP contribution < -0.4 is 14.2 Å². The lowest BCUT2D eigenvalue weighted by Gasteiger charge is -2.14. The van der Waals surface area contributed by atoms with E-state index >= 15 is 0 Å². The highest BCUT2D eigenvalue weighted by atomic mass is 16.5. The van der Waals surface area contributed by atoms with Crippen LogP contribution in [0.2, 0.25) is 0 Å². The molecule has 3 aromatic heterocycles. The number of hydrogen-bond donors (Lipinski definition) is 2. The number of aromatic nitrogens is 4. The second kappa shape index (κ2) is 8.78. The lowest BCUT2D eigenvalue weighted by Crippen LogP contribution is -1.97. The van der Waals surface area contributed by atoms with Crippen molar-refractivity contribution in [3.05, 3.63) is 89.0 Å². The fraction of sp³-hybridized carbons (Fsp3) is 0.103. The largest absolute Gasteiger partial charge is 0.493 e. The van der Waals surface area contributed by atoms with Crippen LogP contribution in [-0.2, 0) is 0 Å². The number of H-pyrrole nitrogens is 2. The maximum absolute atomic E-state index is 5.60. The molecule has 178 valence electrons. The van der Waals surface area contributed by atoms with Crippen LogP contribution in [0.5, 0.6) is 17.2 Å². The zero-order chi connectivity index (χ0) is 24.6. The van der Waals surface area contributed by atoms with Crippen molar-refractivity contribution in [1.29, 1.82) is 0 Å². The van der Waals surface area contributed by atoms with Gasteiger partial charge >= 0.3 is 0 Å². The van der Waals surface area contributed by atoms with Gasteiger partial charge in [0.1, 0.15) is 0 Å². The maximum atomic E-state index is 5.60. The van der Waals surface area contributed by atoms with Crippen LogP contribution >= 0.6 is 0 Å². The molecule has 0 unspecified atom stereocenters. The molecule has 36 heavy (non-hydrogen) atoms. The summed E-state index contributed by atoms with van der Waals surface area (Å²) in [4.78, 5) is 16.5. The fourth-order valence-electron chi connectivity index (χ4n) is 4.48. The zero-order valence-electron chi connectivity index (χ0n) is 20.1. The number of ether oxygens (including phenoxy) is 3. The SMILES string of the molecule is COc1cc(C2=Cc3cc4ccc(cc5nc(cc6ccc(cc2n3)[nH]6)C=C5)[nH]4)cc(OC)c1OC. The quantitative estimate of drug-likeness (QED) is 0.321. The van der Waals surface area contributed by atoms with Crippen molar-refractivity contribution in [2.24, 2.45) is 0 Å². The Labute approximate surface area is 207 Å². The summed E-state index contributed by atoms with van der Waals surface area (Å²) >= 11 is 0. The van der Waals surface area contributed by atoms with Crippen molar-refractivity contribution in [1.82, 2.24) is 19.9 Å². The van der Waals surface area contributed by atoms with E-state index in [0.717, 1.165) is 56.0 Å². The molecule has 5 heterocycles. The lowest BCUT2D eigenvalue weighted by molar-refractivity contribution is 0.324. The Morgan fingerprint density at radius 1 is 0.583 bits per heavy atom. The third kappa shape index (κ3) is 4.01. The minimum Gasteiger partial charge on any atom is -0.493 e. The molecule has 7 nitrogen and oxygen atoms in total. The van der Waals surface area contributed by atoms with Crippen molar-refractivity contribution < 1.29 is 14.2 Å². The van der Waals surface area contributed by atoms with Crippen molar-refractivity contribution in [3.8, 4) is 17.2 Å². The van der Waals surface area contributed by atoms with Gasteiger partial charge in [-0.3, -0.25) is 0 Å². The smallest absolute Gasteiger partial charge is 0.203 e. The molecule has 0 saturated carbocycles. The zero-order valence-corrected chi connectivity index (χ0v) is 20.1. The van der Waals surface area contributed by atoms with Gasteiger partial charge in [0.2, 0.25) is 5.75 Å². The molecule has 1 aromatic carbocycles. The minimum absolute atomic E-state index is 0.551. The number of fused-ring (bicyclic) bond motifs is 8. The first kappa shape index (κ1) is 21.7. The van der Waals surface area contributed by atoms with E-state index in [2.05, 4.69) is 16.0 Å². The number of benzene rings is 1. The Balaban J connectivity index is 1.61. The van der Waals surface area contributed by atoms with Gasteiger partial charge in [0.25, 0.3) is 0 Å². The molecule has 4 aromatic rings. The van der Waals surface area contributed by atoms with E-state index in [1.807, 2.05) is 72.8 Å². The normalized spacial score (nSPS) is 12.4. The van der Waals surface area contributed by atoms with E-state index in [1.165, 1.54) is 0 Å². The molecule has 2 aliphatic rings. The summed E-state index contributed by atoms with van der Waals surface area (Å²) in [6.45, 7) is 0. The first-order valence-electron chi connectivity index (χ1n) is 11.5. The molecule has 6 rings (SSSR count). The molecule has 0 radical (unpaired) electrons. The summed E-state index contributed by atoms with van der Waals surface area (Å²) in [7, 11) is 4.83. The van der Waals surface area contributed by atoms with Crippen molar-refractivity contribution >= 4 is 45.9 Å². The summed E-state index contributed by atoms with van der Waals surface area (Å²) in [5.41, 5.74) is 9.14. The van der Waals surface area contributed by atoms with Gasteiger partial charge in [0.05, 0.1) is 44.1 Å². The number of nitrogens with zero attached hydrogens (tertiary/aromatic N) is 2. The van der Waals surface area contributed by atoms with E-state index in [-0.39, 0.29) is 0 Å². The van der Waals surface area contributed by atoms with Crippen molar-refractivity contribution in [3.63, 3.8) is 0 Å². The Hall–Kier alpha value is -4.78. The van der Waals surface area contributed by atoms with Gasteiger partial charge in [-0.2, -0.15) is 0 Å². The maximum Gasteiger partial charge on any atom is 0.203 e. The summed E-state index contributed by atoms with van der Waals surface area (Å²) in [6, 6.07) is 20.1. The standard InChI is InChI=1S/C29H24N4O3/c1-34-27-10-17(11-28(35-2)29(27)36-3)25-15-24-14-22-7-6-20(31-22)12-18-4-5-19(30-18)13-21-8-9-23(32-21)16-26(25)33-24/h4-16,31-32H,1-3H3. The van der Waals surface area contributed by atoms with Crippen LogP contribution in [0, 0.1) is 0 Å². The minimum atomic E-state index is 0.551. The van der Waals surface area contributed by atoms with Crippen LogP contribution in [0.1, 0.15) is 28.3 Å². The highest BCUT2D eigenvalue weighted by Gasteiger charge is 2.19. The molecule has 0 atom stereocenters. The van der Waals surface area contributed by atoms with Crippen LogP contribution in [-0.4, -0.2) is 41.3 Å². The Morgan fingerprint density at radius 2 is 1.11 bits per heavy atom. The topological polar surface area (TPSA) is 85.1 Å². The molecule has 2 N–H and O–H groups in total. The van der Waals surface area contributed by atoms with E-state index < -0.39 is 0 Å². The second-order valence-corrected chi connectivity index (χ2v) is 8.50. The number of hydrogen-bond acceptors (Lipinski definition) is 5. The molecule has 0 saturated heterocycles. The number of aromatic amines is 2. The fourth-order valence-corrected chi connectivity index (χ4v) is 4.48. The third-order valence-electron chi connectivity index (χ3n) is 6.14. The van der Waals surface area contributed by atoms with E-state index in [4.69, 9.17) is 24.2 Å². The van der Waals surface area contributed by atoms with Gasteiger partial charge < -0.3 is 24.2 Å². The number of rotatable bonds is 4. The van der Waals surface area contributed by atoms with Gasteiger partial charge in [-0.05, 0) is 84.5 Å². The third-order valence-corrected chi connectivity index (χ3v) is 6.14. The summed E-state index contributed by atoms with van der Waals surface area (Å²) in [5, 5.41) is 0. The number of nitrogens with one attached hydrogen (secondary N) is 2. The molecule has 0 spiro atoms. The predicted octanol–water partition coefficient (Wildman–Crippen LogP) is 6.10. The van der Waals surface area contributed by atoms with Crippen LogP contribution in [0.25, 0.3) is 45.9 Å². The number of methoxy groups -OCH3 is 3. The first-order chi connectivity index (χ1) is 17.6. The van der Waals surface area contributed by atoms with Gasteiger partial charge in [-0.1, -0.05) is 0 Å². The summed E-state index contributed by atoms with van der Waals surface area (Å²) in [5.74, 6) is 1.73. The average Bonchev–Trinajstić information content (AvgIpc) is 3.68. The second-order valence-electron chi connectivity index (χ2n) is 8.50. The molecular formula is C29H24N4O3. The average molecular weight is 477 g/mol. The van der Waals surface area contributed by atoms with Gasteiger partial charge in [-0.25, -0.2) is 9.97 Å². The molecular weight excluding hydrogens is 452 g/mol. The molecule has 7 heteroatoms. The highest BCUT2D eigenvalue weighted by molar-refractivity contribution is 5.94. The highest BCUT2D eigenvalue weighted by Crippen LogP contribution is 2.42. The molecule has 8 bridgehead atoms. The molecule has 0 amide bonds. The van der Waals surface area contributed by atoms with Gasteiger partial charge in [0.15, 0.2) is 11.5 Å². The first-order valence-corrected chi connectivity index (χ1v) is 11.5. The molecule has 2 aliphatic heterocycles. The van der Waals surface area contributed by atoms with E-state index in [9.17, 15) is 0 Å². The lowest BCUT2D eigenvalue weighted by atomic mass is 10.0. The molecule has 0 aliphatic carbocycles. The van der Waals surface area contributed by atoms with Crippen LogP contribution in [0.3, 0.4) is 0 Å². The Morgan fingerprint density at radius 3 is 1.64 bits per heavy atom. The van der Waals surface area contributed by atoms with Crippen LogP contribution in [0.15, 0.2) is 60.7 Å². The Bertz CT molecular complexity index is 1680. The summed E-state index contributed by atoms with van der Waals surface area (Å²) < 4.78 is 16.7. The van der Waals surface area contributed by atoms with Crippen molar-refractivity contribution in [2.75, 3.05) is 21.3 Å². The Kier molecular flexibility index (Phi) is 5.30. The monoisotopic (exact) mass is 476 g/mol.